The number of ether oxygens (including phenoxy) is 2. The Morgan fingerprint density at radius 3 is 2.54 bits per heavy atom. The van der Waals surface area contributed by atoms with E-state index in [9.17, 15) is 4.79 Å². The van der Waals surface area contributed by atoms with Crippen LogP contribution in [-0.2, 0) is 6.61 Å². The highest BCUT2D eigenvalue weighted by Gasteiger charge is 2.15. The number of anilines is 1. The van der Waals surface area contributed by atoms with E-state index < -0.39 is 0 Å². The summed E-state index contributed by atoms with van der Waals surface area (Å²) in [6.07, 6.45) is -0.0255. The number of carbonyl (C=O) groups excluding carboxylic acids is 1. The predicted octanol–water partition coefficient (Wildman–Crippen LogP) is 6.07. The first kappa shape index (κ1) is 20.0. The van der Waals surface area contributed by atoms with Gasteiger partial charge in [0.25, 0.3) is 5.91 Å². The highest BCUT2D eigenvalue weighted by molar-refractivity contribution is 9.10. The van der Waals surface area contributed by atoms with Crippen molar-refractivity contribution in [3.8, 4) is 11.5 Å². The number of halogens is 1. The molecule has 1 N–H and O–H groups in total. The van der Waals surface area contributed by atoms with Crippen LogP contribution < -0.4 is 14.8 Å². The first-order valence-corrected chi connectivity index (χ1v) is 9.85. The quantitative estimate of drug-likeness (QED) is 0.485. The SMILES string of the molecule is CC(C)Oc1ccc(Br)cc1C(=O)Nc1cccc(OCc2ccccc2)c1. The molecular formula is C23H22BrNO3. The molecule has 144 valence electrons. The van der Waals surface area contributed by atoms with Gasteiger partial charge < -0.3 is 14.8 Å². The zero-order chi connectivity index (χ0) is 19.9. The van der Waals surface area contributed by atoms with Gasteiger partial charge in [-0.25, -0.2) is 0 Å². The van der Waals surface area contributed by atoms with E-state index >= 15 is 0 Å². The molecule has 0 aromatic heterocycles. The molecule has 0 spiro atoms. The molecule has 0 aliphatic rings. The van der Waals surface area contributed by atoms with E-state index in [4.69, 9.17) is 9.47 Å². The largest absolute Gasteiger partial charge is 0.490 e. The first-order chi connectivity index (χ1) is 13.5. The number of hydrogen-bond donors (Lipinski definition) is 1. The number of benzene rings is 3. The highest BCUT2D eigenvalue weighted by atomic mass is 79.9. The monoisotopic (exact) mass is 439 g/mol. The minimum absolute atomic E-state index is 0.0255. The summed E-state index contributed by atoms with van der Waals surface area (Å²) in [4.78, 5) is 12.8. The van der Waals surface area contributed by atoms with Crippen LogP contribution in [0, 0.1) is 0 Å². The third-order valence-electron chi connectivity index (χ3n) is 3.89. The highest BCUT2D eigenvalue weighted by Crippen LogP contribution is 2.26. The average Bonchev–Trinajstić information content (AvgIpc) is 2.68. The van der Waals surface area contributed by atoms with Gasteiger partial charge in [0, 0.05) is 16.2 Å². The second-order valence-electron chi connectivity index (χ2n) is 6.56. The van der Waals surface area contributed by atoms with Gasteiger partial charge in [-0.2, -0.15) is 0 Å². The van der Waals surface area contributed by atoms with E-state index in [0.29, 0.717) is 29.4 Å². The van der Waals surface area contributed by atoms with Crippen LogP contribution in [0.5, 0.6) is 11.5 Å². The molecule has 0 radical (unpaired) electrons. The van der Waals surface area contributed by atoms with Crippen LogP contribution in [-0.4, -0.2) is 12.0 Å². The Bertz CT molecular complexity index is 942. The summed E-state index contributed by atoms with van der Waals surface area (Å²) in [5.74, 6) is 0.999. The van der Waals surface area contributed by atoms with E-state index in [1.54, 1.807) is 12.1 Å². The Kier molecular flexibility index (Phi) is 6.71. The summed E-state index contributed by atoms with van der Waals surface area (Å²) in [6.45, 7) is 4.32. The molecule has 1 amide bonds. The minimum atomic E-state index is -0.239. The van der Waals surface area contributed by atoms with Gasteiger partial charge in [0.2, 0.25) is 0 Å². The summed E-state index contributed by atoms with van der Waals surface area (Å²) in [5.41, 5.74) is 2.21. The van der Waals surface area contributed by atoms with Gasteiger partial charge in [-0.1, -0.05) is 52.3 Å². The fourth-order valence-electron chi connectivity index (χ4n) is 2.64. The number of nitrogens with one attached hydrogen (secondary N) is 1. The van der Waals surface area contributed by atoms with Gasteiger partial charge in [0.1, 0.15) is 18.1 Å². The van der Waals surface area contributed by atoms with Gasteiger partial charge in [0.15, 0.2) is 0 Å². The Hall–Kier alpha value is -2.79. The summed E-state index contributed by atoms with van der Waals surface area (Å²) >= 11 is 3.42. The smallest absolute Gasteiger partial charge is 0.259 e. The standard InChI is InChI=1S/C23H22BrNO3/c1-16(2)28-22-12-11-18(24)13-21(22)23(26)25-19-9-6-10-20(14-19)27-15-17-7-4-3-5-8-17/h3-14,16H,15H2,1-2H3,(H,25,26). The lowest BCUT2D eigenvalue weighted by atomic mass is 10.1. The second-order valence-corrected chi connectivity index (χ2v) is 7.48. The van der Waals surface area contributed by atoms with Crippen molar-refractivity contribution < 1.29 is 14.3 Å². The van der Waals surface area contributed by atoms with Crippen molar-refractivity contribution in [3.63, 3.8) is 0 Å². The first-order valence-electron chi connectivity index (χ1n) is 9.05. The van der Waals surface area contributed by atoms with Crippen molar-refractivity contribution in [2.75, 3.05) is 5.32 Å². The van der Waals surface area contributed by atoms with Crippen LogP contribution in [0.4, 0.5) is 5.69 Å². The summed E-state index contributed by atoms with van der Waals surface area (Å²) < 4.78 is 12.4. The van der Waals surface area contributed by atoms with Crippen molar-refractivity contribution >= 4 is 27.5 Å². The fraction of sp³-hybridized carbons (Fsp3) is 0.174. The van der Waals surface area contributed by atoms with Crippen LogP contribution in [0.3, 0.4) is 0 Å². The maximum Gasteiger partial charge on any atom is 0.259 e. The lowest BCUT2D eigenvalue weighted by molar-refractivity contribution is 0.102. The summed E-state index contributed by atoms with van der Waals surface area (Å²) in [5, 5.41) is 2.92. The number of carbonyl (C=O) groups is 1. The van der Waals surface area contributed by atoms with Gasteiger partial charge in [0.05, 0.1) is 11.7 Å². The molecular weight excluding hydrogens is 418 g/mol. The van der Waals surface area contributed by atoms with Crippen molar-refractivity contribution in [1.29, 1.82) is 0 Å². The molecule has 4 nitrogen and oxygen atoms in total. The Morgan fingerprint density at radius 1 is 1.00 bits per heavy atom. The van der Waals surface area contributed by atoms with Crippen LogP contribution in [0.2, 0.25) is 0 Å². The van der Waals surface area contributed by atoms with E-state index in [0.717, 1.165) is 10.0 Å². The minimum Gasteiger partial charge on any atom is -0.490 e. The van der Waals surface area contributed by atoms with Gasteiger partial charge in [-0.15, -0.1) is 0 Å². The maximum absolute atomic E-state index is 12.8. The zero-order valence-electron chi connectivity index (χ0n) is 15.8. The molecule has 0 bridgehead atoms. The fourth-order valence-corrected chi connectivity index (χ4v) is 3.00. The zero-order valence-corrected chi connectivity index (χ0v) is 17.4. The number of hydrogen-bond acceptors (Lipinski definition) is 3. The van der Waals surface area contributed by atoms with Crippen molar-refractivity contribution in [2.45, 2.75) is 26.6 Å². The Labute approximate surface area is 173 Å². The van der Waals surface area contributed by atoms with Crippen molar-refractivity contribution in [3.05, 3.63) is 88.4 Å². The van der Waals surface area contributed by atoms with E-state index in [1.807, 2.05) is 74.5 Å². The lowest BCUT2D eigenvalue weighted by Gasteiger charge is -2.15. The molecule has 5 heteroatoms. The van der Waals surface area contributed by atoms with E-state index in [2.05, 4.69) is 21.2 Å². The molecule has 3 rings (SSSR count). The normalized spacial score (nSPS) is 10.6. The van der Waals surface area contributed by atoms with Crippen LogP contribution in [0.25, 0.3) is 0 Å². The molecule has 0 saturated heterocycles. The maximum atomic E-state index is 12.8. The molecule has 28 heavy (non-hydrogen) atoms. The van der Waals surface area contributed by atoms with Crippen LogP contribution in [0.1, 0.15) is 29.8 Å². The molecule has 0 atom stereocenters. The summed E-state index contributed by atoms with van der Waals surface area (Å²) in [6, 6.07) is 22.7. The molecule has 3 aromatic carbocycles. The van der Waals surface area contributed by atoms with Crippen LogP contribution >= 0.6 is 15.9 Å². The third kappa shape index (κ3) is 5.60. The van der Waals surface area contributed by atoms with Crippen molar-refractivity contribution in [2.24, 2.45) is 0 Å². The summed E-state index contributed by atoms with van der Waals surface area (Å²) in [7, 11) is 0. The van der Waals surface area contributed by atoms with Crippen LogP contribution in [0.15, 0.2) is 77.3 Å². The molecule has 0 saturated carbocycles. The van der Waals surface area contributed by atoms with Gasteiger partial charge >= 0.3 is 0 Å². The van der Waals surface area contributed by atoms with E-state index in [-0.39, 0.29) is 12.0 Å². The third-order valence-corrected chi connectivity index (χ3v) is 4.38. The number of rotatable bonds is 7. The molecule has 0 aliphatic carbocycles. The molecule has 0 aliphatic heterocycles. The molecule has 0 heterocycles. The Balaban J connectivity index is 1.72. The lowest BCUT2D eigenvalue weighted by Crippen LogP contribution is -2.16. The second kappa shape index (κ2) is 9.42. The molecule has 0 unspecified atom stereocenters. The van der Waals surface area contributed by atoms with Gasteiger partial charge in [-0.3, -0.25) is 4.79 Å². The van der Waals surface area contributed by atoms with Crippen molar-refractivity contribution in [1.82, 2.24) is 0 Å². The predicted molar refractivity (Wildman–Crippen MR) is 115 cm³/mol. The Morgan fingerprint density at radius 2 is 1.79 bits per heavy atom. The average molecular weight is 440 g/mol. The molecule has 0 fully saturated rings. The van der Waals surface area contributed by atoms with Gasteiger partial charge in [-0.05, 0) is 49.7 Å². The number of amides is 1. The molecule has 3 aromatic rings. The topological polar surface area (TPSA) is 47.6 Å². The van der Waals surface area contributed by atoms with E-state index in [1.165, 1.54) is 0 Å².